The highest BCUT2D eigenvalue weighted by Gasteiger charge is 2.27. The first-order chi connectivity index (χ1) is 6.27. The summed E-state index contributed by atoms with van der Waals surface area (Å²) in [6.07, 6.45) is 4.25. The maximum atomic E-state index is 9.47. The van der Waals surface area contributed by atoms with Gasteiger partial charge in [-0.05, 0) is 25.5 Å². The van der Waals surface area contributed by atoms with Crippen LogP contribution >= 0.6 is 0 Å². The number of anilines is 1. The number of β-amino-alcohol motifs (C(OH)–C–C–N with tert-alkyl or cyclic N) is 1. The normalized spacial score (nSPS) is 28.0. The molecule has 0 saturated carbocycles. The van der Waals surface area contributed by atoms with Crippen LogP contribution in [0.2, 0.25) is 0 Å². The summed E-state index contributed by atoms with van der Waals surface area (Å²) in [4.78, 5) is 6.19. The predicted octanol–water partition coefficient (Wildman–Crippen LogP) is 1.04. The van der Waals surface area contributed by atoms with Crippen molar-refractivity contribution in [2.24, 2.45) is 0 Å². The molecular formula is C10H14N2O. The molecule has 0 aromatic carbocycles. The first-order valence-corrected chi connectivity index (χ1v) is 4.62. The van der Waals surface area contributed by atoms with Gasteiger partial charge >= 0.3 is 0 Å². The second kappa shape index (κ2) is 3.34. The van der Waals surface area contributed by atoms with Crippen LogP contribution in [-0.4, -0.2) is 28.8 Å². The monoisotopic (exact) mass is 178 g/mol. The van der Waals surface area contributed by atoms with E-state index >= 15 is 0 Å². The molecule has 70 valence electrons. The van der Waals surface area contributed by atoms with E-state index < -0.39 is 0 Å². The highest BCUT2D eigenvalue weighted by Crippen LogP contribution is 2.24. The van der Waals surface area contributed by atoms with Crippen molar-refractivity contribution in [3.8, 4) is 0 Å². The van der Waals surface area contributed by atoms with E-state index in [1.165, 1.54) is 0 Å². The Balaban J connectivity index is 2.18. The molecule has 3 nitrogen and oxygen atoms in total. The first-order valence-electron chi connectivity index (χ1n) is 4.62. The molecule has 0 radical (unpaired) electrons. The standard InChI is InChI=1S/C10H14N2O/c1-8-6-10(13)7-12(8)9-2-4-11-5-3-9/h2-5,8,10,13H,6-7H2,1H3. The highest BCUT2D eigenvalue weighted by atomic mass is 16.3. The number of aliphatic hydroxyl groups is 1. The van der Waals surface area contributed by atoms with Crippen LogP contribution in [0.1, 0.15) is 13.3 Å². The second-order valence-electron chi connectivity index (χ2n) is 3.60. The van der Waals surface area contributed by atoms with Crippen LogP contribution in [0.4, 0.5) is 5.69 Å². The van der Waals surface area contributed by atoms with Gasteiger partial charge < -0.3 is 10.0 Å². The zero-order valence-electron chi connectivity index (χ0n) is 7.72. The molecule has 2 rings (SSSR count). The molecule has 3 heteroatoms. The largest absolute Gasteiger partial charge is 0.391 e. The van der Waals surface area contributed by atoms with E-state index in [-0.39, 0.29) is 6.10 Å². The summed E-state index contributed by atoms with van der Waals surface area (Å²) in [6.45, 7) is 2.88. The number of hydrogen-bond acceptors (Lipinski definition) is 3. The summed E-state index contributed by atoms with van der Waals surface area (Å²) in [6, 6.07) is 4.39. The minimum absolute atomic E-state index is 0.178. The molecule has 2 heterocycles. The Morgan fingerprint density at radius 3 is 2.69 bits per heavy atom. The fourth-order valence-corrected chi connectivity index (χ4v) is 1.90. The van der Waals surface area contributed by atoms with E-state index in [0.29, 0.717) is 6.04 Å². The molecule has 13 heavy (non-hydrogen) atoms. The van der Waals surface area contributed by atoms with Crippen molar-refractivity contribution in [2.45, 2.75) is 25.5 Å². The van der Waals surface area contributed by atoms with Crippen LogP contribution in [0.5, 0.6) is 0 Å². The van der Waals surface area contributed by atoms with Crippen molar-refractivity contribution in [2.75, 3.05) is 11.4 Å². The predicted molar refractivity (Wildman–Crippen MR) is 51.7 cm³/mol. The average molecular weight is 178 g/mol. The molecule has 1 aromatic rings. The maximum Gasteiger partial charge on any atom is 0.0734 e. The Morgan fingerprint density at radius 1 is 1.46 bits per heavy atom. The summed E-state index contributed by atoms with van der Waals surface area (Å²) in [5.74, 6) is 0. The average Bonchev–Trinajstić information content (AvgIpc) is 2.47. The Bertz CT molecular complexity index is 276. The maximum absolute atomic E-state index is 9.47. The number of nitrogens with zero attached hydrogens (tertiary/aromatic N) is 2. The van der Waals surface area contributed by atoms with Crippen LogP contribution in [0, 0.1) is 0 Å². The zero-order valence-corrected chi connectivity index (χ0v) is 7.72. The Labute approximate surface area is 78.0 Å². The number of hydrogen-bond donors (Lipinski definition) is 1. The van der Waals surface area contributed by atoms with Gasteiger partial charge in [0.05, 0.1) is 6.10 Å². The molecule has 1 N–H and O–H groups in total. The Morgan fingerprint density at radius 2 is 2.15 bits per heavy atom. The lowest BCUT2D eigenvalue weighted by molar-refractivity contribution is 0.195. The summed E-state index contributed by atoms with van der Waals surface area (Å²) in [5, 5.41) is 9.47. The van der Waals surface area contributed by atoms with E-state index in [4.69, 9.17) is 0 Å². The van der Waals surface area contributed by atoms with Crippen LogP contribution in [0.15, 0.2) is 24.5 Å². The van der Waals surface area contributed by atoms with E-state index in [0.717, 1.165) is 18.7 Å². The molecular weight excluding hydrogens is 164 g/mol. The van der Waals surface area contributed by atoms with Gasteiger partial charge in [-0.25, -0.2) is 0 Å². The van der Waals surface area contributed by atoms with Crippen LogP contribution in [0.25, 0.3) is 0 Å². The third-order valence-electron chi connectivity index (χ3n) is 2.55. The summed E-state index contributed by atoms with van der Waals surface area (Å²) in [7, 11) is 0. The number of aliphatic hydroxyl groups excluding tert-OH is 1. The lowest BCUT2D eigenvalue weighted by Crippen LogP contribution is -2.27. The van der Waals surface area contributed by atoms with Crippen LogP contribution in [0.3, 0.4) is 0 Å². The SMILES string of the molecule is CC1CC(O)CN1c1ccncc1. The molecule has 0 amide bonds. The first kappa shape index (κ1) is 8.51. The van der Waals surface area contributed by atoms with Crippen molar-refractivity contribution >= 4 is 5.69 Å². The van der Waals surface area contributed by atoms with E-state index in [2.05, 4.69) is 16.8 Å². The van der Waals surface area contributed by atoms with Gasteiger partial charge in [-0.15, -0.1) is 0 Å². The smallest absolute Gasteiger partial charge is 0.0734 e. The molecule has 1 saturated heterocycles. The number of pyridine rings is 1. The molecule has 0 spiro atoms. The lowest BCUT2D eigenvalue weighted by Gasteiger charge is -2.22. The molecule has 2 atom stereocenters. The molecule has 0 aliphatic carbocycles. The second-order valence-corrected chi connectivity index (χ2v) is 3.60. The summed E-state index contributed by atoms with van der Waals surface area (Å²) < 4.78 is 0. The van der Waals surface area contributed by atoms with E-state index in [1.807, 2.05) is 12.1 Å². The third-order valence-corrected chi connectivity index (χ3v) is 2.55. The minimum atomic E-state index is -0.178. The van der Waals surface area contributed by atoms with Gasteiger partial charge in [-0.1, -0.05) is 0 Å². The molecule has 0 bridgehead atoms. The van der Waals surface area contributed by atoms with Gasteiger partial charge in [0.1, 0.15) is 0 Å². The van der Waals surface area contributed by atoms with Crippen molar-refractivity contribution < 1.29 is 5.11 Å². The fourth-order valence-electron chi connectivity index (χ4n) is 1.90. The van der Waals surface area contributed by atoms with Crippen molar-refractivity contribution in [3.05, 3.63) is 24.5 Å². The number of rotatable bonds is 1. The van der Waals surface area contributed by atoms with Gasteiger partial charge in [0.15, 0.2) is 0 Å². The van der Waals surface area contributed by atoms with Crippen molar-refractivity contribution in [1.82, 2.24) is 4.98 Å². The van der Waals surface area contributed by atoms with E-state index in [1.54, 1.807) is 12.4 Å². The Hall–Kier alpha value is -1.09. The molecule has 1 aliphatic heterocycles. The molecule has 1 aromatic heterocycles. The van der Waals surface area contributed by atoms with Gasteiger partial charge in [0.2, 0.25) is 0 Å². The molecule has 1 fully saturated rings. The molecule has 2 unspecified atom stereocenters. The third kappa shape index (κ3) is 1.65. The topological polar surface area (TPSA) is 36.4 Å². The minimum Gasteiger partial charge on any atom is -0.391 e. The summed E-state index contributed by atoms with van der Waals surface area (Å²) >= 11 is 0. The van der Waals surface area contributed by atoms with Crippen molar-refractivity contribution in [3.63, 3.8) is 0 Å². The summed E-state index contributed by atoms with van der Waals surface area (Å²) in [5.41, 5.74) is 1.15. The Kier molecular flexibility index (Phi) is 2.19. The van der Waals surface area contributed by atoms with Crippen LogP contribution in [-0.2, 0) is 0 Å². The van der Waals surface area contributed by atoms with Gasteiger partial charge in [-0.2, -0.15) is 0 Å². The van der Waals surface area contributed by atoms with Gasteiger partial charge in [0, 0.05) is 30.7 Å². The fraction of sp³-hybridized carbons (Fsp3) is 0.500. The van der Waals surface area contributed by atoms with Crippen LogP contribution < -0.4 is 4.90 Å². The van der Waals surface area contributed by atoms with Crippen molar-refractivity contribution in [1.29, 1.82) is 0 Å². The van der Waals surface area contributed by atoms with Gasteiger partial charge in [-0.3, -0.25) is 4.98 Å². The zero-order chi connectivity index (χ0) is 9.26. The van der Waals surface area contributed by atoms with Gasteiger partial charge in [0.25, 0.3) is 0 Å². The quantitative estimate of drug-likeness (QED) is 0.698. The van der Waals surface area contributed by atoms with E-state index in [9.17, 15) is 5.11 Å². The highest BCUT2D eigenvalue weighted by molar-refractivity contribution is 5.47. The lowest BCUT2D eigenvalue weighted by atomic mass is 10.2. The number of aromatic nitrogens is 1. The molecule has 1 aliphatic rings.